The Balaban J connectivity index is 1.99. The van der Waals surface area contributed by atoms with Crippen molar-refractivity contribution in [1.82, 2.24) is 0 Å². The lowest BCUT2D eigenvalue weighted by Crippen LogP contribution is -2.43. The van der Waals surface area contributed by atoms with Crippen LogP contribution >= 0.6 is 0 Å². The maximum Gasteiger partial charge on any atom is 0.178 e. The average molecular weight is 297 g/mol. The molecule has 3 rings (SSSR count). The first-order chi connectivity index (χ1) is 10.3. The van der Waals surface area contributed by atoms with Gasteiger partial charge in [0.05, 0.1) is 17.8 Å². The smallest absolute Gasteiger partial charge is 0.178 e. The van der Waals surface area contributed by atoms with E-state index in [9.17, 15) is 15.2 Å². The minimum atomic E-state index is -1.09. The molecule has 1 heterocycles. The first-order valence-corrected chi connectivity index (χ1v) is 7.40. The topological polar surface area (TPSA) is 70.3 Å². The third-order valence-corrected chi connectivity index (χ3v) is 4.63. The van der Waals surface area contributed by atoms with Gasteiger partial charge in [-0.05, 0) is 18.1 Å². The van der Waals surface area contributed by atoms with Crippen molar-refractivity contribution in [2.24, 2.45) is 5.41 Å². The molecule has 1 aromatic carbocycles. The number of rotatable bonds is 1. The van der Waals surface area contributed by atoms with E-state index in [0.717, 1.165) is 5.56 Å². The van der Waals surface area contributed by atoms with Gasteiger partial charge in [0.25, 0.3) is 0 Å². The Morgan fingerprint density at radius 1 is 1.23 bits per heavy atom. The van der Waals surface area contributed by atoms with E-state index >= 15 is 0 Å². The van der Waals surface area contributed by atoms with Crippen LogP contribution in [0.1, 0.15) is 32.3 Å². The number of nitriles is 1. The van der Waals surface area contributed by atoms with Gasteiger partial charge in [0.1, 0.15) is 11.7 Å². The summed E-state index contributed by atoms with van der Waals surface area (Å²) in [5, 5.41) is 20.2. The fraction of sp³-hybridized carbons (Fsp3) is 0.444. The Morgan fingerprint density at radius 2 is 1.91 bits per heavy atom. The van der Waals surface area contributed by atoms with Gasteiger partial charge in [-0.15, -0.1) is 0 Å². The highest BCUT2D eigenvalue weighted by molar-refractivity contribution is 6.03. The Bertz CT molecular complexity index is 686. The minimum absolute atomic E-state index is 0.133. The third kappa shape index (κ3) is 2.27. The minimum Gasteiger partial charge on any atom is -0.383 e. The molecule has 2 aliphatic rings. The number of carbonyl (C=O) groups is 1. The van der Waals surface area contributed by atoms with Crippen LogP contribution in [0, 0.1) is 16.7 Å². The third-order valence-electron chi connectivity index (χ3n) is 4.63. The second-order valence-corrected chi connectivity index (χ2v) is 6.99. The first-order valence-electron chi connectivity index (χ1n) is 7.40. The molecule has 4 nitrogen and oxygen atoms in total. The largest absolute Gasteiger partial charge is 0.383 e. The number of benzene rings is 1. The van der Waals surface area contributed by atoms with Crippen molar-refractivity contribution in [2.75, 3.05) is 6.61 Å². The highest BCUT2D eigenvalue weighted by Gasteiger charge is 2.54. The second kappa shape index (κ2) is 4.77. The molecule has 0 bridgehead atoms. The average Bonchev–Trinajstić information content (AvgIpc) is 2.81. The molecule has 1 spiro atoms. The Morgan fingerprint density at radius 3 is 2.55 bits per heavy atom. The lowest BCUT2D eigenvalue weighted by molar-refractivity contribution is -0.127. The maximum atomic E-state index is 12.2. The molecule has 1 fully saturated rings. The molecule has 1 aliphatic carbocycles. The van der Waals surface area contributed by atoms with Crippen LogP contribution in [0.5, 0.6) is 0 Å². The molecule has 1 aromatic rings. The van der Waals surface area contributed by atoms with E-state index in [2.05, 4.69) is 0 Å². The summed E-state index contributed by atoms with van der Waals surface area (Å²) in [7, 11) is 0. The molecule has 2 atom stereocenters. The van der Waals surface area contributed by atoms with Crippen LogP contribution in [0.25, 0.3) is 0 Å². The monoisotopic (exact) mass is 297 g/mol. The van der Waals surface area contributed by atoms with Gasteiger partial charge in [0.15, 0.2) is 5.78 Å². The SMILES string of the molecule is CC1(C)CC2(C=C(C#N)C1=O)CC(O)(c1ccccc1)CO2. The summed E-state index contributed by atoms with van der Waals surface area (Å²) in [6.07, 6.45) is 2.44. The van der Waals surface area contributed by atoms with Crippen LogP contribution in [-0.2, 0) is 15.1 Å². The number of Topliss-reactive ketones (excluding diaryl/α,β-unsaturated/α-hetero) is 1. The van der Waals surface area contributed by atoms with Crippen molar-refractivity contribution in [3.05, 3.63) is 47.5 Å². The van der Waals surface area contributed by atoms with Crippen molar-refractivity contribution >= 4 is 5.78 Å². The molecule has 1 N–H and O–H groups in total. The Kier molecular flexibility index (Phi) is 3.24. The van der Waals surface area contributed by atoms with Crippen molar-refractivity contribution < 1.29 is 14.6 Å². The van der Waals surface area contributed by atoms with Crippen molar-refractivity contribution in [2.45, 2.75) is 37.9 Å². The van der Waals surface area contributed by atoms with Gasteiger partial charge in [-0.25, -0.2) is 0 Å². The summed E-state index contributed by atoms with van der Waals surface area (Å²) in [5.41, 5.74) is -1.58. The Hall–Kier alpha value is -1.96. The summed E-state index contributed by atoms with van der Waals surface area (Å²) in [6, 6.07) is 11.4. The molecular weight excluding hydrogens is 278 g/mol. The standard InChI is InChI=1S/C18H19NO3/c1-16(2)10-17(8-13(9-19)15(16)20)11-18(21,12-22-17)14-6-4-3-5-7-14/h3-8,21H,10-12H2,1-2H3. The maximum absolute atomic E-state index is 12.2. The van der Waals surface area contributed by atoms with Crippen molar-refractivity contribution in [1.29, 1.82) is 5.26 Å². The second-order valence-electron chi connectivity index (χ2n) is 6.99. The number of ether oxygens (including phenoxy) is 1. The number of aliphatic hydroxyl groups is 1. The van der Waals surface area contributed by atoms with Crippen LogP contribution < -0.4 is 0 Å². The van der Waals surface area contributed by atoms with Gasteiger partial charge < -0.3 is 9.84 Å². The summed E-state index contributed by atoms with van der Waals surface area (Å²) in [6.45, 7) is 3.81. The van der Waals surface area contributed by atoms with Crippen molar-refractivity contribution in [3.8, 4) is 6.07 Å². The predicted octanol–water partition coefficient (Wildman–Crippen LogP) is 2.48. The normalized spacial score (nSPS) is 33.5. The van der Waals surface area contributed by atoms with E-state index in [0.29, 0.717) is 12.8 Å². The highest BCUT2D eigenvalue weighted by Crippen LogP contribution is 2.49. The molecule has 0 saturated carbocycles. The zero-order valence-electron chi connectivity index (χ0n) is 12.8. The van der Waals surface area contributed by atoms with Crippen molar-refractivity contribution in [3.63, 3.8) is 0 Å². The number of carbonyl (C=O) groups excluding carboxylic acids is 1. The molecule has 0 amide bonds. The number of hydrogen-bond acceptors (Lipinski definition) is 4. The van der Waals surface area contributed by atoms with E-state index in [1.54, 1.807) is 6.08 Å². The fourth-order valence-corrected chi connectivity index (χ4v) is 3.66. The zero-order valence-corrected chi connectivity index (χ0v) is 12.8. The molecular formula is C18H19NO3. The summed E-state index contributed by atoms with van der Waals surface area (Å²) in [4.78, 5) is 12.2. The van der Waals surface area contributed by atoms with E-state index in [1.165, 1.54) is 0 Å². The molecule has 22 heavy (non-hydrogen) atoms. The quantitative estimate of drug-likeness (QED) is 0.864. The molecule has 0 aromatic heterocycles. The zero-order chi connectivity index (χ0) is 16.0. The van der Waals surface area contributed by atoms with Crippen LogP contribution in [0.3, 0.4) is 0 Å². The van der Waals surface area contributed by atoms with Gasteiger partial charge in [0, 0.05) is 11.8 Å². The molecule has 0 radical (unpaired) electrons. The van der Waals surface area contributed by atoms with Gasteiger partial charge >= 0.3 is 0 Å². The number of nitrogens with zero attached hydrogens (tertiary/aromatic N) is 1. The Labute approximate surface area is 130 Å². The van der Waals surface area contributed by atoms with Crippen LogP contribution in [-0.4, -0.2) is 23.1 Å². The molecule has 114 valence electrons. The fourth-order valence-electron chi connectivity index (χ4n) is 3.66. The number of ketones is 1. The predicted molar refractivity (Wildman–Crippen MR) is 80.7 cm³/mol. The van der Waals surface area contributed by atoms with E-state index in [4.69, 9.17) is 4.74 Å². The summed E-state index contributed by atoms with van der Waals surface area (Å²) < 4.78 is 5.94. The van der Waals surface area contributed by atoms with Crippen LogP contribution in [0.15, 0.2) is 42.0 Å². The lowest BCUT2D eigenvalue weighted by atomic mass is 9.67. The number of hydrogen-bond donors (Lipinski definition) is 1. The number of allylic oxidation sites excluding steroid dienone is 1. The van der Waals surface area contributed by atoms with E-state index in [1.807, 2.05) is 50.2 Å². The molecule has 2 unspecified atom stereocenters. The summed E-state index contributed by atoms with van der Waals surface area (Å²) in [5.74, 6) is -0.153. The van der Waals surface area contributed by atoms with Gasteiger partial charge in [-0.2, -0.15) is 5.26 Å². The molecule has 1 aliphatic heterocycles. The highest BCUT2D eigenvalue weighted by atomic mass is 16.5. The summed E-state index contributed by atoms with van der Waals surface area (Å²) >= 11 is 0. The van der Waals surface area contributed by atoms with Gasteiger partial charge in [-0.1, -0.05) is 44.2 Å². The molecule has 1 saturated heterocycles. The van der Waals surface area contributed by atoms with E-state index in [-0.39, 0.29) is 18.0 Å². The van der Waals surface area contributed by atoms with Crippen LogP contribution in [0.4, 0.5) is 0 Å². The molecule has 4 heteroatoms. The van der Waals surface area contributed by atoms with E-state index < -0.39 is 16.6 Å². The van der Waals surface area contributed by atoms with Gasteiger partial charge in [0.2, 0.25) is 0 Å². The van der Waals surface area contributed by atoms with Gasteiger partial charge in [-0.3, -0.25) is 4.79 Å². The first kappa shape index (κ1) is 15.0. The van der Waals surface area contributed by atoms with Crippen LogP contribution in [0.2, 0.25) is 0 Å². The lowest BCUT2D eigenvalue weighted by Gasteiger charge is -2.38.